The predicted octanol–water partition coefficient (Wildman–Crippen LogP) is 2.78. The summed E-state index contributed by atoms with van der Waals surface area (Å²) in [7, 11) is -3.98. The Morgan fingerprint density at radius 2 is 1.96 bits per heavy atom. The third-order valence-electron chi connectivity index (χ3n) is 4.18. The lowest BCUT2D eigenvalue weighted by Gasteiger charge is -2.34. The molecule has 1 aromatic heterocycles. The molecule has 3 heterocycles. The summed E-state index contributed by atoms with van der Waals surface area (Å²) in [4.78, 5) is -0.184. The molecule has 2 aliphatic heterocycles. The number of hydrogen-bond donors (Lipinski definition) is 1. The van der Waals surface area contributed by atoms with Crippen molar-refractivity contribution in [1.82, 2.24) is 14.5 Å². The molecule has 2 atom stereocenters. The van der Waals surface area contributed by atoms with Gasteiger partial charge in [0.1, 0.15) is 0 Å². The van der Waals surface area contributed by atoms with Crippen LogP contribution in [0.25, 0.3) is 0 Å². The van der Waals surface area contributed by atoms with Gasteiger partial charge in [0.2, 0.25) is 10.0 Å². The third-order valence-corrected chi connectivity index (χ3v) is 7.02. The number of hydrogen-bond acceptors (Lipinski definition) is 5. The molecule has 0 saturated carbocycles. The largest absolute Gasteiger partial charge is 0.416 e. The fraction of sp³-hybridized carbons (Fsp3) is 0.286. The second kappa shape index (κ2) is 5.58. The molecule has 0 radical (unpaired) electrons. The Balaban J connectivity index is 1.72. The van der Waals surface area contributed by atoms with Crippen LogP contribution < -0.4 is 0 Å². The molecule has 132 valence electrons. The van der Waals surface area contributed by atoms with E-state index in [4.69, 9.17) is 0 Å². The van der Waals surface area contributed by atoms with Crippen molar-refractivity contribution in [3.05, 3.63) is 47.3 Å². The van der Waals surface area contributed by atoms with Gasteiger partial charge in [0, 0.05) is 18.3 Å². The fourth-order valence-corrected chi connectivity index (χ4v) is 5.53. The molecule has 25 heavy (non-hydrogen) atoms. The monoisotopic (exact) mass is 388 g/mol. The average molecular weight is 388 g/mol. The van der Waals surface area contributed by atoms with Gasteiger partial charge in [-0.15, -0.1) is 0 Å². The van der Waals surface area contributed by atoms with Crippen molar-refractivity contribution in [3.63, 3.8) is 0 Å². The van der Waals surface area contributed by atoms with E-state index in [2.05, 4.69) is 14.6 Å². The van der Waals surface area contributed by atoms with Crippen LogP contribution in [0.2, 0.25) is 0 Å². The maximum absolute atomic E-state index is 13.0. The van der Waals surface area contributed by atoms with E-state index in [-0.39, 0.29) is 16.7 Å². The van der Waals surface area contributed by atoms with Crippen LogP contribution in [0.4, 0.5) is 13.2 Å². The van der Waals surface area contributed by atoms with Gasteiger partial charge >= 0.3 is 6.18 Å². The fourth-order valence-electron chi connectivity index (χ4n) is 2.92. The van der Waals surface area contributed by atoms with E-state index < -0.39 is 27.8 Å². The highest BCUT2D eigenvalue weighted by Gasteiger charge is 2.44. The molecule has 0 aliphatic carbocycles. The van der Waals surface area contributed by atoms with Gasteiger partial charge in [-0.05, 0) is 36.2 Å². The number of H-pyrrole nitrogens is 1. The molecule has 6 nitrogen and oxygen atoms in total. The van der Waals surface area contributed by atoms with Gasteiger partial charge in [0.25, 0.3) is 0 Å². The van der Waals surface area contributed by atoms with Crippen molar-refractivity contribution >= 4 is 28.2 Å². The normalized spacial score (nSPS) is 23.5. The van der Waals surface area contributed by atoms with E-state index >= 15 is 0 Å². The van der Waals surface area contributed by atoms with Crippen molar-refractivity contribution in [2.75, 3.05) is 0 Å². The highest BCUT2D eigenvalue weighted by molar-refractivity contribution is 7.98. The Kier molecular flexibility index (Phi) is 3.71. The Morgan fingerprint density at radius 1 is 1.24 bits per heavy atom. The number of nitrogens with one attached hydrogen (secondary N) is 1. The van der Waals surface area contributed by atoms with Crippen LogP contribution in [0.5, 0.6) is 0 Å². The summed E-state index contributed by atoms with van der Waals surface area (Å²) >= 11 is 1.24. The Bertz CT molecular complexity index is 938. The van der Waals surface area contributed by atoms with E-state index in [0.717, 1.165) is 35.5 Å². The number of nitrogens with zero attached hydrogens (tertiary/aromatic N) is 3. The van der Waals surface area contributed by atoms with Crippen molar-refractivity contribution in [2.24, 2.45) is 4.40 Å². The predicted molar refractivity (Wildman–Crippen MR) is 85.4 cm³/mol. The Labute approximate surface area is 145 Å². The van der Waals surface area contributed by atoms with Crippen LogP contribution in [0.3, 0.4) is 0 Å². The molecule has 2 aromatic rings. The molecule has 1 N–H and O–H groups in total. The zero-order chi connectivity index (χ0) is 17.8. The van der Waals surface area contributed by atoms with Crippen LogP contribution in [0.15, 0.2) is 39.8 Å². The molecule has 2 aliphatic rings. The van der Waals surface area contributed by atoms with Gasteiger partial charge in [-0.2, -0.15) is 22.6 Å². The summed E-state index contributed by atoms with van der Waals surface area (Å²) in [6.45, 7) is 0.0862. The van der Waals surface area contributed by atoms with Gasteiger partial charge < -0.3 is 0 Å². The van der Waals surface area contributed by atoms with E-state index in [1.54, 1.807) is 12.4 Å². The van der Waals surface area contributed by atoms with E-state index in [1.807, 2.05) is 0 Å². The first kappa shape index (κ1) is 16.6. The molecule has 0 fully saturated rings. The lowest BCUT2D eigenvalue weighted by molar-refractivity contribution is -0.137. The van der Waals surface area contributed by atoms with Gasteiger partial charge in [0.05, 0.1) is 33.6 Å². The molecule has 4 rings (SSSR count). The summed E-state index contributed by atoms with van der Waals surface area (Å²) in [5, 5.41) is 6.58. The molecule has 2 unspecified atom stereocenters. The lowest BCUT2D eigenvalue weighted by atomic mass is 10.0. The Morgan fingerprint density at radius 3 is 2.64 bits per heavy atom. The van der Waals surface area contributed by atoms with E-state index in [9.17, 15) is 21.6 Å². The first-order valence-corrected chi connectivity index (χ1v) is 9.47. The molecule has 11 heteroatoms. The van der Waals surface area contributed by atoms with Crippen LogP contribution in [0, 0.1) is 0 Å². The second-order valence-electron chi connectivity index (χ2n) is 5.65. The zero-order valence-corrected chi connectivity index (χ0v) is 14.1. The summed E-state index contributed by atoms with van der Waals surface area (Å²) in [5.74, 6) is 0. The number of alkyl halides is 3. The van der Waals surface area contributed by atoms with Gasteiger partial charge in [-0.25, -0.2) is 12.8 Å². The van der Waals surface area contributed by atoms with E-state index in [0.29, 0.717) is 0 Å². The average Bonchev–Trinajstić information content (AvgIpc) is 3.21. The van der Waals surface area contributed by atoms with E-state index in [1.165, 1.54) is 16.3 Å². The first-order chi connectivity index (χ1) is 11.8. The van der Waals surface area contributed by atoms with Gasteiger partial charge in [0.15, 0.2) is 0 Å². The number of fused-ring (bicyclic) bond motifs is 3. The zero-order valence-electron chi connectivity index (χ0n) is 12.4. The van der Waals surface area contributed by atoms with Crippen molar-refractivity contribution in [3.8, 4) is 0 Å². The number of benzene rings is 1. The maximum Gasteiger partial charge on any atom is 0.416 e. The topological polar surface area (TPSA) is 78.4 Å². The quantitative estimate of drug-likeness (QED) is 0.803. The van der Waals surface area contributed by atoms with Crippen LogP contribution in [0.1, 0.15) is 22.1 Å². The standard InChI is InChI=1S/C14H11F3N4O2S2/c15-14(16,17)9-1-3-10(4-2-9)25(22,23)21-7-8-5-18-20-12(8)13-11(21)6-19-24-13/h1-6,11,13H,7H2,(H,18,20). The van der Waals surface area contributed by atoms with Gasteiger partial charge in [-0.1, -0.05) is 0 Å². The minimum absolute atomic E-state index is 0.0862. The number of aromatic amines is 1. The Hall–Kier alpha value is -1.85. The second-order valence-corrected chi connectivity index (χ2v) is 8.47. The van der Waals surface area contributed by atoms with Crippen LogP contribution in [-0.2, 0) is 22.7 Å². The van der Waals surface area contributed by atoms with Gasteiger partial charge in [-0.3, -0.25) is 5.10 Å². The number of sulfonamides is 1. The molecule has 0 bridgehead atoms. The smallest absolute Gasteiger partial charge is 0.281 e. The minimum Gasteiger partial charge on any atom is -0.281 e. The van der Waals surface area contributed by atoms with Crippen molar-refractivity contribution < 1.29 is 21.6 Å². The summed E-state index contributed by atoms with van der Waals surface area (Å²) in [6, 6.07) is 3.00. The molecular formula is C14H11F3N4O2S2. The molecule has 1 aromatic carbocycles. The third kappa shape index (κ3) is 2.66. The summed E-state index contributed by atoms with van der Waals surface area (Å²) < 4.78 is 69.3. The van der Waals surface area contributed by atoms with Crippen molar-refractivity contribution in [2.45, 2.75) is 28.9 Å². The first-order valence-electron chi connectivity index (χ1n) is 7.19. The number of halogens is 3. The van der Waals surface area contributed by atoms with Crippen molar-refractivity contribution in [1.29, 1.82) is 0 Å². The summed E-state index contributed by atoms with van der Waals surface area (Å²) in [5.41, 5.74) is 0.666. The number of aromatic nitrogens is 2. The molecule has 0 amide bonds. The SMILES string of the molecule is O=S(=O)(c1ccc(C(F)(F)F)cc1)N1Cc2cn[nH]c2C2SN=CC21. The maximum atomic E-state index is 13.0. The molecular weight excluding hydrogens is 377 g/mol. The van der Waals surface area contributed by atoms with Crippen LogP contribution >= 0.6 is 11.9 Å². The summed E-state index contributed by atoms with van der Waals surface area (Å²) in [6.07, 6.45) is -1.42. The van der Waals surface area contributed by atoms with Crippen LogP contribution in [-0.4, -0.2) is 35.2 Å². The minimum atomic E-state index is -4.51. The molecule has 0 spiro atoms. The highest BCUT2D eigenvalue weighted by Crippen LogP contribution is 2.45. The number of rotatable bonds is 2. The highest BCUT2D eigenvalue weighted by atomic mass is 32.2. The lowest BCUT2D eigenvalue weighted by Crippen LogP contribution is -2.45. The molecule has 0 saturated heterocycles.